The molecule has 1 heterocycles. The third kappa shape index (κ3) is 3.09. The molecule has 0 radical (unpaired) electrons. The van der Waals surface area contributed by atoms with Crippen LogP contribution in [0.4, 0.5) is 0 Å². The Kier molecular flexibility index (Phi) is 5.12. The van der Waals surface area contributed by atoms with Crippen molar-refractivity contribution in [3.63, 3.8) is 0 Å². The van der Waals surface area contributed by atoms with E-state index in [9.17, 15) is 0 Å². The Labute approximate surface area is 113 Å². The maximum Gasteiger partial charge on any atom is 0.107 e. The number of ether oxygens (including phenoxy) is 2. The van der Waals surface area contributed by atoms with Gasteiger partial charge >= 0.3 is 0 Å². The van der Waals surface area contributed by atoms with Crippen LogP contribution in [0.25, 0.3) is 0 Å². The molecule has 1 aromatic rings. The molecule has 1 N–H and O–H groups in total. The second-order valence-corrected chi connectivity index (χ2v) is 5.69. The SMILES string of the molecule is CCOC1CC(NCc2ncc(CC)s2)C1OC. The van der Waals surface area contributed by atoms with Crippen LogP contribution in [0.5, 0.6) is 0 Å². The van der Waals surface area contributed by atoms with Crippen molar-refractivity contribution in [3.8, 4) is 0 Å². The van der Waals surface area contributed by atoms with Gasteiger partial charge in [-0.25, -0.2) is 4.98 Å². The zero-order valence-electron chi connectivity index (χ0n) is 11.3. The van der Waals surface area contributed by atoms with Crippen LogP contribution in [0.2, 0.25) is 0 Å². The molecule has 0 aromatic carbocycles. The Balaban J connectivity index is 1.77. The first-order valence-corrected chi connectivity index (χ1v) is 7.41. The molecule has 102 valence electrons. The number of hydrogen-bond acceptors (Lipinski definition) is 5. The van der Waals surface area contributed by atoms with E-state index >= 15 is 0 Å². The summed E-state index contributed by atoms with van der Waals surface area (Å²) in [5.41, 5.74) is 0. The molecule has 18 heavy (non-hydrogen) atoms. The molecule has 1 aliphatic carbocycles. The van der Waals surface area contributed by atoms with E-state index in [1.54, 1.807) is 18.4 Å². The Morgan fingerprint density at radius 2 is 2.33 bits per heavy atom. The molecule has 1 saturated carbocycles. The van der Waals surface area contributed by atoms with Crippen molar-refractivity contribution in [3.05, 3.63) is 16.1 Å². The lowest BCUT2D eigenvalue weighted by molar-refractivity contribution is -0.131. The molecule has 0 amide bonds. The van der Waals surface area contributed by atoms with Gasteiger partial charge in [0.05, 0.1) is 12.2 Å². The van der Waals surface area contributed by atoms with E-state index in [-0.39, 0.29) is 12.2 Å². The monoisotopic (exact) mass is 270 g/mol. The molecule has 3 atom stereocenters. The predicted molar refractivity (Wildman–Crippen MR) is 72.9 cm³/mol. The number of nitrogens with one attached hydrogen (secondary N) is 1. The molecule has 1 aromatic heterocycles. The van der Waals surface area contributed by atoms with Gasteiger partial charge in [0.25, 0.3) is 0 Å². The minimum absolute atomic E-state index is 0.176. The number of thiazole rings is 1. The number of aryl methyl sites for hydroxylation is 1. The largest absolute Gasteiger partial charge is 0.377 e. The fourth-order valence-electron chi connectivity index (χ4n) is 2.29. The molecule has 0 aliphatic heterocycles. The molecular formula is C13H22N2O2S. The van der Waals surface area contributed by atoms with Crippen molar-refractivity contribution in [2.75, 3.05) is 13.7 Å². The van der Waals surface area contributed by atoms with E-state index < -0.39 is 0 Å². The highest BCUT2D eigenvalue weighted by atomic mass is 32.1. The number of rotatable bonds is 7. The number of hydrogen-bond donors (Lipinski definition) is 1. The third-order valence-electron chi connectivity index (χ3n) is 3.37. The molecule has 4 nitrogen and oxygen atoms in total. The van der Waals surface area contributed by atoms with E-state index in [0.29, 0.717) is 6.04 Å². The fraction of sp³-hybridized carbons (Fsp3) is 0.769. The maximum absolute atomic E-state index is 5.61. The summed E-state index contributed by atoms with van der Waals surface area (Å²) in [7, 11) is 1.75. The van der Waals surface area contributed by atoms with Crippen molar-refractivity contribution in [2.45, 2.75) is 51.5 Å². The zero-order chi connectivity index (χ0) is 13.0. The maximum atomic E-state index is 5.61. The van der Waals surface area contributed by atoms with Gasteiger partial charge in [0, 0.05) is 37.4 Å². The van der Waals surface area contributed by atoms with Crippen LogP contribution in [-0.4, -0.2) is 37.0 Å². The highest BCUT2D eigenvalue weighted by Gasteiger charge is 2.41. The van der Waals surface area contributed by atoms with Crippen molar-refractivity contribution in [1.29, 1.82) is 0 Å². The van der Waals surface area contributed by atoms with E-state index in [4.69, 9.17) is 9.47 Å². The van der Waals surface area contributed by atoms with Crippen molar-refractivity contribution in [2.24, 2.45) is 0 Å². The lowest BCUT2D eigenvalue weighted by Crippen LogP contribution is -2.59. The summed E-state index contributed by atoms with van der Waals surface area (Å²) < 4.78 is 11.1. The van der Waals surface area contributed by atoms with Gasteiger partial charge in [0.2, 0.25) is 0 Å². The first kappa shape index (κ1) is 13.9. The van der Waals surface area contributed by atoms with Gasteiger partial charge in [-0.3, -0.25) is 0 Å². The summed E-state index contributed by atoms with van der Waals surface area (Å²) >= 11 is 1.78. The van der Waals surface area contributed by atoms with Crippen molar-refractivity contribution in [1.82, 2.24) is 10.3 Å². The zero-order valence-corrected chi connectivity index (χ0v) is 12.1. The molecule has 3 unspecified atom stereocenters. The fourth-order valence-corrected chi connectivity index (χ4v) is 3.10. The first-order chi connectivity index (χ1) is 8.78. The Hall–Kier alpha value is -0.490. The number of nitrogens with zero attached hydrogens (tertiary/aromatic N) is 1. The molecule has 1 aliphatic rings. The molecule has 1 fully saturated rings. The first-order valence-electron chi connectivity index (χ1n) is 6.59. The normalized spacial score (nSPS) is 27.2. The minimum atomic E-state index is 0.176. The van der Waals surface area contributed by atoms with Gasteiger partial charge in [-0.05, 0) is 19.8 Å². The molecular weight excluding hydrogens is 248 g/mol. The van der Waals surface area contributed by atoms with E-state index in [1.807, 2.05) is 13.1 Å². The van der Waals surface area contributed by atoms with Gasteiger partial charge in [0.15, 0.2) is 0 Å². The van der Waals surface area contributed by atoms with E-state index in [0.717, 1.165) is 31.0 Å². The van der Waals surface area contributed by atoms with Crippen LogP contribution >= 0.6 is 11.3 Å². The Morgan fingerprint density at radius 3 is 2.94 bits per heavy atom. The molecule has 0 spiro atoms. The molecule has 0 saturated heterocycles. The second kappa shape index (κ2) is 6.61. The van der Waals surface area contributed by atoms with Gasteiger partial charge < -0.3 is 14.8 Å². The highest BCUT2D eigenvalue weighted by molar-refractivity contribution is 7.11. The lowest BCUT2D eigenvalue weighted by atomic mass is 9.85. The molecule has 0 bridgehead atoms. The highest BCUT2D eigenvalue weighted by Crippen LogP contribution is 2.27. The Bertz CT molecular complexity index is 370. The van der Waals surface area contributed by atoms with Crippen LogP contribution < -0.4 is 5.32 Å². The quantitative estimate of drug-likeness (QED) is 0.823. The van der Waals surface area contributed by atoms with Crippen molar-refractivity contribution < 1.29 is 9.47 Å². The minimum Gasteiger partial charge on any atom is -0.377 e. The van der Waals surface area contributed by atoms with Gasteiger partial charge in [-0.1, -0.05) is 6.92 Å². The standard InChI is InChI=1S/C13H22N2O2S/c1-4-9-7-15-12(18-9)8-14-10-6-11(17-5-2)13(10)16-3/h7,10-11,13-14H,4-6,8H2,1-3H3. The second-order valence-electron chi connectivity index (χ2n) is 4.49. The van der Waals surface area contributed by atoms with Crippen LogP contribution in [0.3, 0.4) is 0 Å². The average Bonchev–Trinajstić information content (AvgIpc) is 2.81. The van der Waals surface area contributed by atoms with Crippen LogP contribution in [0.15, 0.2) is 6.20 Å². The van der Waals surface area contributed by atoms with Gasteiger partial charge in [0.1, 0.15) is 5.01 Å². The lowest BCUT2D eigenvalue weighted by Gasteiger charge is -2.43. The summed E-state index contributed by atoms with van der Waals surface area (Å²) in [5, 5.41) is 4.66. The van der Waals surface area contributed by atoms with Gasteiger partial charge in [-0.2, -0.15) is 0 Å². The number of methoxy groups -OCH3 is 1. The summed E-state index contributed by atoms with van der Waals surface area (Å²) in [6, 6.07) is 0.389. The van der Waals surface area contributed by atoms with E-state index in [2.05, 4.69) is 17.2 Å². The number of aromatic nitrogens is 1. The smallest absolute Gasteiger partial charge is 0.107 e. The van der Waals surface area contributed by atoms with Crippen LogP contribution in [0.1, 0.15) is 30.2 Å². The molecule has 2 rings (SSSR count). The molecule has 5 heteroatoms. The summed E-state index contributed by atoms with van der Waals surface area (Å²) in [4.78, 5) is 5.75. The third-order valence-corrected chi connectivity index (χ3v) is 4.51. The van der Waals surface area contributed by atoms with Gasteiger partial charge in [-0.15, -0.1) is 11.3 Å². The summed E-state index contributed by atoms with van der Waals surface area (Å²) in [5.74, 6) is 0. The topological polar surface area (TPSA) is 43.4 Å². The predicted octanol–water partition coefficient (Wildman–Crippen LogP) is 1.99. The summed E-state index contributed by atoms with van der Waals surface area (Å²) in [6.45, 7) is 5.76. The van der Waals surface area contributed by atoms with Crippen molar-refractivity contribution >= 4 is 11.3 Å². The summed E-state index contributed by atoms with van der Waals surface area (Å²) in [6.07, 6.45) is 4.49. The average molecular weight is 270 g/mol. The van der Waals surface area contributed by atoms with E-state index in [1.165, 1.54) is 4.88 Å². The van der Waals surface area contributed by atoms with Crippen LogP contribution in [-0.2, 0) is 22.4 Å². The Morgan fingerprint density at radius 1 is 1.50 bits per heavy atom. The van der Waals surface area contributed by atoms with Crippen LogP contribution in [0, 0.1) is 0 Å².